The first-order valence-corrected chi connectivity index (χ1v) is 7.39. The molecule has 6 heteroatoms. The van der Waals surface area contributed by atoms with Gasteiger partial charge in [-0.05, 0) is 25.2 Å². The summed E-state index contributed by atoms with van der Waals surface area (Å²) in [6.45, 7) is 3.75. The minimum atomic E-state index is -3.29. The van der Waals surface area contributed by atoms with Crippen molar-refractivity contribution in [2.24, 2.45) is 5.92 Å². The van der Waals surface area contributed by atoms with E-state index in [-0.39, 0.29) is 12.5 Å². The molecule has 1 fully saturated rings. The Kier molecular flexibility index (Phi) is 5.68. The van der Waals surface area contributed by atoms with E-state index in [1.165, 1.54) is 4.31 Å². The van der Waals surface area contributed by atoms with Crippen LogP contribution >= 0.6 is 0 Å². The largest absolute Gasteiger partial charge is 0.396 e. The molecular weight excluding hydrogens is 228 g/mol. The van der Waals surface area contributed by atoms with E-state index in [1.54, 1.807) is 0 Å². The maximum atomic E-state index is 11.8. The molecule has 0 atom stereocenters. The van der Waals surface area contributed by atoms with Crippen LogP contribution in [0.4, 0.5) is 0 Å². The van der Waals surface area contributed by atoms with Gasteiger partial charge in [0.1, 0.15) is 0 Å². The van der Waals surface area contributed by atoms with E-state index in [9.17, 15) is 8.42 Å². The van der Waals surface area contributed by atoms with Gasteiger partial charge in [-0.3, -0.25) is 0 Å². The van der Waals surface area contributed by atoms with Crippen molar-refractivity contribution in [1.82, 2.24) is 9.03 Å². The summed E-state index contributed by atoms with van der Waals surface area (Å²) in [5, 5.41) is 8.97. The van der Waals surface area contributed by atoms with Gasteiger partial charge in [0.25, 0.3) is 10.2 Å². The average molecular weight is 250 g/mol. The predicted molar refractivity (Wildman–Crippen MR) is 63.2 cm³/mol. The molecule has 1 saturated heterocycles. The molecule has 0 spiro atoms. The molecule has 96 valence electrons. The normalized spacial score (nSPS) is 20.1. The third-order valence-corrected chi connectivity index (χ3v) is 4.60. The van der Waals surface area contributed by atoms with Gasteiger partial charge in [-0.25, -0.2) is 4.72 Å². The Morgan fingerprint density at radius 3 is 2.50 bits per heavy atom. The van der Waals surface area contributed by atoms with Gasteiger partial charge < -0.3 is 5.11 Å². The maximum Gasteiger partial charge on any atom is 0.279 e. The molecule has 1 aliphatic rings. The zero-order valence-corrected chi connectivity index (χ0v) is 10.7. The van der Waals surface area contributed by atoms with Gasteiger partial charge in [0, 0.05) is 26.2 Å². The van der Waals surface area contributed by atoms with Gasteiger partial charge in [0.05, 0.1) is 0 Å². The molecule has 0 bridgehead atoms. The van der Waals surface area contributed by atoms with E-state index in [0.717, 1.165) is 25.7 Å². The van der Waals surface area contributed by atoms with Gasteiger partial charge in [-0.15, -0.1) is 0 Å². The van der Waals surface area contributed by atoms with E-state index < -0.39 is 10.2 Å². The first kappa shape index (κ1) is 13.9. The summed E-state index contributed by atoms with van der Waals surface area (Å²) >= 11 is 0. The first-order valence-electron chi connectivity index (χ1n) is 5.95. The fourth-order valence-corrected chi connectivity index (χ4v) is 3.08. The van der Waals surface area contributed by atoms with E-state index in [1.807, 2.05) is 6.92 Å². The van der Waals surface area contributed by atoms with E-state index in [4.69, 9.17) is 5.11 Å². The van der Waals surface area contributed by atoms with Crippen LogP contribution in [0.3, 0.4) is 0 Å². The number of unbranched alkanes of at least 4 members (excludes halogenated alkanes) is 1. The third-order valence-electron chi connectivity index (χ3n) is 2.99. The van der Waals surface area contributed by atoms with E-state index in [2.05, 4.69) is 4.72 Å². The fraction of sp³-hybridized carbons (Fsp3) is 1.00. The summed E-state index contributed by atoms with van der Waals surface area (Å²) < 4.78 is 27.7. The summed E-state index contributed by atoms with van der Waals surface area (Å²) in [5.74, 6) is 0.266. The Balaban J connectivity index is 2.39. The molecule has 1 aliphatic heterocycles. The van der Waals surface area contributed by atoms with Crippen LogP contribution in [0.1, 0.15) is 32.6 Å². The maximum absolute atomic E-state index is 11.8. The van der Waals surface area contributed by atoms with Crippen LogP contribution in [0, 0.1) is 5.92 Å². The van der Waals surface area contributed by atoms with Crippen LogP contribution < -0.4 is 4.72 Å². The highest BCUT2D eigenvalue weighted by Gasteiger charge is 2.26. The number of hydrogen-bond acceptors (Lipinski definition) is 3. The van der Waals surface area contributed by atoms with Crippen LogP contribution in [0.2, 0.25) is 0 Å². The monoisotopic (exact) mass is 250 g/mol. The Labute approximate surface area is 98.0 Å². The number of aliphatic hydroxyl groups excluding tert-OH is 1. The molecule has 5 nitrogen and oxygen atoms in total. The summed E-state index contributed by atoms with van der Waals surface area (Å²) in [6.07, 6.45) is 3.36. The van der Waals surface area contributed by atoms with Crippen LogP contribution in [0.15, 0.2) is 0 Å². The van der Waals surface area contributed by atoms with Crippen molar-refractivity contribution >= 4 is 10.2 Å². The highest BCUT2D eigenvalue weighted by molar-refractivity contribution is 7.87. The standard InChI is InChI=1S/C10H22N2O3S/c1-2-3-6-11-16(14,15)12-7-4-10(9-13)5-8-12/h10-11,13H,2-9H2,1H3. The highest BCUT2D eigenvalue weighted by Crippen LogP contribution is 2.18. The number of nitrogens with zero attached hydrogens (tertiary/aromatic N) is 1. The molecule has 0 saturated carbocycles. The molecule has 0 amide bonds. The minimum absolute atomic E-state index is 0.164. The second-order valence-corrected chi connectivity index (χ2v) is 6.03. The van der Waals surface area contributed by atoms with Crippen molar-refractivity contribution in [2.75, 3.05) is 26.2 Å². The molecule has 0 radical (unpaired) electrons. The minimum Gasteiger partial charge on any atom is -0.396 e. The quantitative estimate of drug-likeness (QED) is 0.667. The van der Waals surface area contributed by atoms with Crippen molar-refractivity contribution in [3.05, 3.63) is 0 Å². The third kappa shape index (κ3) is 4.01. The summed E-state index contributed by atoms with van der Waals surface area (Å²) in [5.41, 5.74) is 0. The zero-order chi connectivity index (χ0) is 12.0. The van der Waals surface area contributed by atoms with Crippen molar-refractivity contribution in [3.63, 3.8) is 0 Å². The molecular formula is C10H22N2O3S. The lowest BCUT2D eigenvalue weighted by atomic mass is 10.00. The molecule has 2 N–H and O–H groups in total. The van der Waals surface area contributed by atoms with Gasteiger partial charge in [-0.2, -0.15) is 12.7 Å². The molecule has 16 heavy (non-hydrogen) atoms. The van der Waals surface area contributed by atoms with E-state index in [0.29, 0.717) is 19.6 Å². The molecule has 0 aliphatic carbocycles. The topological polar surface area (TPSA) is 69.6 Å². The number of piperidine rings is 1. The first-order chi connectivity index (χ1) is 7.60. The summed E-state index contributed by atoms with van der Waals surface area (Å²) in [4.78, 5) is 0. The van der Waals surface area contributed by atoms with Gasteiger partial charge in [0.2, 0.25) is 0 Å². The molecule has 1 heterocycles. The van der Waals surface area contributed by atoms with Crippen LogP contribution in [0.25, 0.3) is 0 Å². The van der Waals surface area contributed by atoms with Gasteiger partial charge >= 0.3 is 0 Å². The molecule has 0 aromatic carbocycles. The van der Waals surface area contributed by atoms with Crippen molar-refractivity contribution in [2.45, 2.75) is 32.6 Å². The lowest BCUT2D eigenvalue weighted by Gasteiger charge is -2.30. The van der Waals surface area contributed by atoms with Crippen molar-refractivity contribution in [1.29, 1.82) is 0 Å². The van der Waals surface area contributed by atoms with Gasteiger partial charge in [-0.1, -0.05) is 13.3 Å². The zero-order valence-electron chi connectivity index (χ0n) is 9.85. The highest BCUT2D eigenvalue weighted by atomic mass is 32.2. The average Bonchev–Trinajstić information content (AvgIpc) is 2.29. The molecule has 0 aromatic heterocycles. The molecule has 1 rings (SSSR count). The van der Waals surface area contributed by atoms with Crippen LogP contribution in [0.5, 0.6) is 0 Å². The smallest absolute Gasteiger partial charge is 0.279 e. The van der Waals surface area contributed by atoms with Gasteiger partial charge in [0.15, 0.2) is 0 Å². The Bertz CT molecular complexity index is 284. The number of hydrogen-bond donors (Lipinski definition) is 2. The SMILES string of the molecule is CCCCNS(=O)(=O)N1CCC(CO)CC1. The van der Waals surface area contributed by atoms with Crippen molar-refractivity contribution < 1.29 is 13.5 Å². The summed E-state index contributed by atoms with van der Waals surface area (Å²) in [7, 11) is -3.29. The van der Waals surface area contributed by atoms with Crippen LogP contribution in [-0.2, 0) is 10.2 Å². The fourth-order valence-electron chi connectivity index (χ4n) is 1.80. The lowest BCUT2D eigenvalue weighted by molar-refractivity contribution is 0.169. The predicted octanol–water partition coefficient (Wildman–Crippen LogP) is 0.325. The number of nitrogens with one attached hydrogen (secondary N) is 1. The number of aliphatic hydroxyl groups is 1. The molecule has 0 unspecified atom stereocenters. The molecule has 0 aromatic rings. The lowest BCUT2D eigenvalue weighted by Crippen LogP contribution is -2.45. The summed E-state index contributed by atoms with van der Waals surface area (Å²) in [6, 6.07) is 0. The number of rotatable bonds is 6. The Morgan fingerprint density at radius 1 is 1.38 bits per heavy atom. The van der Waals surface area contributed by atoms with E-state index >= 15 is 0 Å². The second-order valence-electron chi connectivity index (χ2n) is 4.28. The second kappa shape index (κ2) is 6.54. The Morgan fingerprint density at radius 2 is 2.00 bits per heavy atom. The van der Waals surface area contributed by atoms with Crippen molar-refractivity contribution in [3.8, 4) is 0 Å². The van der Waals surface area contributed by atoms with Crippen LogP contribution in [-0.4, -0.2) is 44.1 Å². The Hall–Kier alpha value is -0.170.